The zero-order chi connectivity index (χ0) is 26.0. The fraction of sp³-hybridized carbons (Fsp3) is 0.560. The number of nitrogens with zero attached hydrogens (tertiary/aromatic N) is 4. The van der Waals surface area contributed by atoms with Crippen molar-refractivity contribution >= 4 is 41.0 Å². The van der Waals surface area contributed by atoms with Crippen LogP contribution < -0.4 is 19.8 Å². The van der Waals surface area contributed by atoms with Crippen molar-refractivity contribution in [2.45, 2.75) is 44.4 Å². The highest BCUT2D eigenvalue weighted by atomic mass is 32.2. The molecule has 5 rings (SSSR count). The van der Waals surface area contributed by atoms with Crippen LogP contribution in [0.5, 0.6) is 0 Å². The normalized spacial score (nSPS) is 20.1. The molecule has 2 aliphatic heterocycles. The smallest absolute Gasteiger partial charge is 0.263 e. The lowest BCUT2D eigenvalue weighted by atomic mass is 9.93. The number of aromatic nitrogens is 2. The number of aliphatic hydroxyl groups is 1. The molecule has 200 valence electrons. The number of benzene rings is 1. The van der Waals surface area contributed by atoms with Gasteiger partial charge in [0.15, 0.2) is 0 Å². The van der Waals surface area contributed by atoms with Crippen LogP contribution in [0.4, 0.5) is 36.3 Å². The molecule has 2 saturated heterocycles. The lowest BCUT2D eigenvalue weighted by molar-refractivity contribution is -0.0221. The highest BCUT2D eigenvalue weighted by Crippen LogP contribution is 2.54. The molecule has 0 unspecified atom stereocenters. The van der Waals surface area contributed by atoms with Crippen molar-refractivity contribution in [3.05, 3.63) is 35.8 Å². The van der Waals surface area contributed by atoms with Gasteiger partial charge in [-0.05, 0) is 49.3 Å². The van der Waals surface area contributed by atoms with Gasteiger partial charge >= 0.3 is 0 Å². The van der Waals surface area contributed by atoms with E-state index in [9.17, 15) is 13.6 Å². The molecule has 37 heavy (non-hydrogen) atoms. The van der Waals surface area contributed by atoms with Gasteiger partial charge in [-0.2, -0.15) is 4.98 Å². The molecule has 0 radical (unpaired) electrons. The standard InChI is InChI=1S/C25H31F3N6O2S/c26-18-15-17(32-37-14-13-35)16-19(33-9-4-24(2-3-24)5-10-33)21(18)22(36)31-23-29-8-1-20(30-23)34-11-6-25(27,28)7-12-34/h1,8,15-16,32,35H,2-7,9-14H2,(H,29,30,31,36). The Bertz CT molecular complexity index is 1130. The quantitative estimate of drug-likeness (QED) is 0.335. The summed E-state index contributed by atoms with van der Waals surface area (Å²) in [7, 11) is 0. The summed E-state index contributed by atoms with van der Waals surface area (Å²) in [5, 5.41) is 11.7. The van der Waals surface area contributed by atoms with Gasteiger partial charge in [0.05, 0.1) is 17.9 Å². The first kappa shape index (κ1) is 25.9. The van der Waals surface area contributed by atoms with Crippen LogP contribution in [0.25, 0.3) is 0 Å². The molecule has 1 spiro atoms. The number of piperidine rings is 2. The molecule has 3 fully saturated rings. The lowest BCUT2D eigenvalue weighted by Crippen LogP contribution is -2.39. The summed E-state index contributed by atoms with van der Waals surface area (Å²) >= 11 is 1.25. The van der Waals surface area contributed by atoms with Crippen molar-refractivity contribution in [2.24, 2.45) is 5.41 Å². The van der Waals surface area contributed by atoms with Crippen LogP contribution in [0.2, 0.25) is 0 Å². The molecule has 1 aliphatic carbocycles. The highest BCUT2D eigenvalue weighted by Gasteiger charge is 2.45. The SMILES string of the molecule is O=C(Nc1nccc(N2CCC(F)(F)CC2)n1)c1c(F)cc(NSCCO)cc1N1CCC2(CC1)CC2. The van der Waals surface area contributed by atoms with Crippen LogP contribution in [0.3, 0.4) is 0 Å². The molecule has 0 atom stereocenters. The maximum Gasteiger partial charge on any atom is 0.263 e. The second-order valence-corrected chi connectivity index (χ2v) is 10.9. The molecule has 1 saturated carbocycles. The second-order valence-electron chi connectivity index (χ2n) is 10.0. The summed E-state index contributed by atoms with van der Waals surface area (Å²) < 4.78 is 45.6. The molecule has 3 aliphatic rings. The Morgan fingerprint density at radius 2 is 1.76 bits per heavy atom. The van der Waals surface area contributed by atoms with Crippen molar-refractivity contribution in [2.75, 3.05) is 58.4 Å². The summed E-state index contributed by atoms with van der Waals surface area (Å²) in [6, 6.07) is 4.63. The predicted octanol–water partition coefficient (Wildman–Crippen LogP) is 4.54. The van der Waals surface area contributed by atoms with Crippen molar-refractivity contribution in [1.82, 2.24) is 9.97 Å². The van der Waals surface area contributed by atoms with Crippen LogP contribution in [0, 0.1) is 11.2 Å². The Morgan fingerprint density at radius 1 is 1.05 bits per heavy atom. The van der Waals surface area contributed by atoms with Crippen LogP contribution in [-0.4, -0.2) is 65.4 Å². The second kappa shape index (κ2) is 10.6. The fourth-order valence-electron chi connectivity index (χ4n) is 5.02. The van der Waals surface area contributed by atoms with Gasteiger partial charge in [0.1, 0.15) is 11.6 Å². The van der Waals surface area contributed by atoms with Crippen molar-refractivity contribution < 1.29 is 23.1 Å². The van der Waals surface area contributed by atoms with E-state index in [4.69, 9.17) is 5.11 Å². The molecule has 12 heteroatoms. The number of halogens is 3. The van der Waals surface area contributed by atoms with E-state index in [2.05, 4.69) is 24.9 Å². The third kappa shape index (κ3) is 6.06. The molecular weight excluding hydrogens is 505 g/mol. The molecule has 1 aromatic heterocycles. The monoisotopic (exact) mass is 536 g/mol. The number of amides is 1. The Labute approximate surface area is 218 Å². The summed E-state index contributed by atoms with van der Waals surface area (Å²) in [6.07, 6.45) is 5.39. The van der Waals surface area contributed by atoms with Crippen LogP contribution >= 0.6 is 11.9 Å². The maximum atomic E-state index is 15.4. The number of aliphatic hydroxyl groups excluding tert-OH is 1. The van der Waals surface area contributed by atoms with Crippen molar-refractivity contribution in [1.29, 1.82) is 0 Å². The Hall–Kier alpha value is -2.73. The molecule has 2 aromatic rings. The summed E-state index contributed by atoms with van der Waals surface area (Å²) in [5.74, 6) is -3.17. The van der Waals surface area contributed by atoms with E-state index in [0.29, 0.717) is 28.4 Å². The minimum Gasteiger partial charge on any atom is -0.395 e. The first-order chi connectivity index (χ1) is 17.8. The number of hydrogen-bond donors (Lipinski definition) is 3. The largest absolute Gasteiger partial charge is 0.395 e. The highest BCUT2D eigenvalue weighted by molar-refractivity contribution is 8.00. The fourth-order valence-corrected chi connectivity index (χ4v) is 5.49. The zero-order valence-corrected chi connectivity index (χ0v) is 21.3. The minimum atomic E-state index is -2.68. The predicted molar refractivity (Wildman–Crippen MR) is 139 cm³/mol. The number of anilines is 4. The third-order valence-electron chi connectivity index (χ3n) is 7.49. The van der Waals surface area contributed by atoms with Crippen molar-refractivity contribution in [3.8, 4) is 0 Å². The van der Waals surface area contributed by atoms with Gasteiger partial charge in [-0.1, -0.05) is 11.9 Å². The minimum absolute atomic E-state index is 0.0125. The lowest BCUT2D eigenvalue weighted by Gasteiger charge is -2.35. The van der Waals surface area contributed by atoms with E-state index in [-0.39, 0.29) is 44.0 Å². The van der Waals surface area contributed by atoms with Crippen LogP contribution in [0.15, 0.2) is 24.4 Å². The number of carbonyl (C=O) groups excluding carboxylic acids is 1. The van der Waals surface area contributed by atoms with Gasteiger partial charge in [0, 0.05) is 56.7 Å². The first-order valence-electron chi connectivity index (χ1n) is 12.6. The van der Waals surface area contributed by atoms with Gasteiger partial charge in [0.25, 0.3) is 11.8 Å². The van der Waals surface area contributed by atoms with Crippen molar-refractivity contribution in [3.63, 3.8) is 0 Å². The molecule has 3 heterocycles. The Morgan fingerprint density at radius 3 is 2.43 bits per heavy atom. The zero-order valence-electron chi connectivity index (χ0n) is 20.5. The number of rotatable bonds is 8. The van der Waals surface area contributed by atoms with Crippen LogP contribution in [-0.2, 0) is 0 Å². The molecule has 8 nitrogen and oxygen atoms in total. The third-order valence-corrected chi connectivity index (χ3v) is 8.25. The van der Waals surface area contributed by atoms with E-state index in [1.165, 1.54) is 37.1 Å². The molecule has 0 bridgehead atoms. The molecule has 3 N–H and O–H groups in total. The number of hydrogen-bond acceptors (Lipinski definition) is 8. The van der Waals surface area contributed by atoms with Gasteiger partial charge in [-0.3, -0.25) is 10.1 Å². The number of nitrogens with one attached hydrogen (secondary N) is 2. The molecule has 1 amide bonds. The van der Waals surface area contributed by atoms with Gasteiger partial charge in [-0.25, -0.2) is 18.2 Å². The summed E-state index contributed by atoms with van der Waals surface area (Å²) in [5.41, 5.74) is 1.33. The summed E-state index contributed by atoms with van der Waals surface area (Å²) in [6.45, 7) is 1.75. The molecular formula is C25H31F3N6O2S. The van der Waals surface area contributed by atoms with Gasteiger partial charge in [0.2, 0.25) is 5.95 Å². The van der Waals surface area contributed by atoms with E-state index in [0.717, 1.165) is 25.9 Å². The average molecular weight is 537 g/mol. The van der Waals surface area contributed by atoms with Crippen LogP contribution in [0.1, 0.15) is 48.9 Å². The topological polar surface area (TPSA) is 93.6 Å². The van der Waals surface area contributed by atoms with E-state index >= 15 is 4.39 Å². The Balaban J connectivity index is 1.36. The average Bonchev–Trinajstić information content (AvgIpc) is 3.63. The van der Waals surface area contributed by atoms with E-state index in [1.807, 2.05) is 0 Å². The Kier molecular flexibility index (Phi) is 7.39. The van der Waals surface area contributed by atoms with Gasteiger partial charge < -0.3 is 19.6 Å². The number of carbonyl (C=O) groups is 1. The number of alkyl halides is 2. The maximum absolute atomic E-state index is 15.4. The molecule has 1 aromatic carbocycles. The van der Waals surface area contributed by atoms with E-state index < -0.39 is 17.6 Å². The first-order valence-corrected chi connectivity index (χ1v) is 13.6. The van der Waals surface area contributed by atoms with Gasteiger partial charge in [-0.15, -0.1) is 0 Å². The summed E-state index contributed by atoms with van der Waals surface area (Å²) in [4.78, 5) is 25.6. The van der Waals surface area contributed by atoms with E-state index in [1.54, 1.807) is 17.0 Å².